The number of ether oxygens (including phenoxy) is 1. The molecule has 3 aromatic rings. The number of carbonyl (C=O) groups excluding carboxylic acids is 1. The number of hydrogen-bond acceptors (Lipinski definition) is 7. The normalized spacial score (nSPS) is 10.8. The van der Waals surface area contributed by atoms with Gasteiger partial charge in [-0.2, -0.15) is 4.98 Å². The number of hydrogen-bond donors (Lipinski definition) is 0. The molecule has 3 rings (SSSR count). The lowest BCUT2D eigenvalue weighted by Crippen LogP contribution is -2.26. The Bertz CT molecular complexity index is 906. The van der Waals surface area contributed by atoms with Crippen LogP contribution in [0.2, 0.25) is 0 Å². The van der Waals surface area contributed by atoms with Crippen LogP contribution < -0.4 is 4.74 Å². The molecule has 2 heterocycles. The molecule has 0 bridgehead atoms. The maximum atomic E-state index is 12.3. The highest BCUT2D eigenvalue weighted by Gasteiger charge is 2.13. The summed E-state index contributed by atoms with van der Waals surface area (Å²) < 4.78 is 10.5. The summed E-state index contributed by atoms with van der Waals surface area (Å²) in [4.78, 5) is 22.7. The molecule has 0 radical (unpaired) electrons. The molecule has 0 N–H and O–H groups in total. The summed E-state index contributed by atoms with van der Waals surface area (Å²) in [5.74, 6) is 1.86. The van der Waals surface area contributed by atoms with Gasteiger partial charge in [0.05, 0.1) is 24.4 Å². The van der Waals surface area contributed by atoms with Crippen LogP contribution in [0.25, 0.3) is 11.4 Å². The van der Waals surface area contributed by atoms with E-state index in [9.17, 15) is 4.79 Å². The van der Waals surface area contributed by atoms with Crippen LogP contribution >= 0.6 is 11.3 Å². The molecule has 7 nitrogen and oxygen atoms in total. The first-order chi connectivity index (χ1) is 13.0. The van der Waals surface area contributed by atoms with Crippen molar-refractivity contribution in [1.29, 1.82) is 0 Å². The van der Waals surface area contributed by atoms with Gasteiger partial charge in [0.25, 0.3) is 0 Å². The third-order valence-corrected chi connectivity index (χ3v) is 4.89. The highest BCUT2D eigenvalue weighted by Crippen LogP contribution is 2.21. The van der Waals surface area contributed by atoms with Crippen molar-refractivity contribution in [3.8, 4) is 17.1 Å². The molecular weight excluding hydrogens is 364 g/mol. The number of carbonyl (C=O) groups is 1. The van der Waals surface area contributed by atoms with E-state index in [4.69, 9.17) is 9.26 Å². The average Bonchev–Trinajstić information content (AvgIpc) is 3.30. The second kappa shape index (κ2) is 8.77. The lowest BCUT2D eigenvalue weighted by molar-refractivity contribution is -0.130. The van der Waals surface area contributed by atoms with Crippen LogP contribution in [-0.2, 0) is 17.8 Å². The fourth-order valence-electron chi connectivity index (χ4n) is 2.63. The van der Waals surface area contributed by atoms with E-state index in [0.717, 1.165) is 22.0 Å². The fraction of sp³-hybridized carbons (Fsp3) is 0.368. The number of thiazole rings is 1. The summed E-state index contributed by atoms with van der Waals surface area (Å²) in [6.07, 6.45) is 1.64. The number of nitrogens with zero attached hydrogens (tertiary/aromatic N) is 4. The van der Waals surface area contributed by atoms with Gasteiger partial charge >= 0.3 is 0 Å². The quantitative estimate of drug-likeness (QED) is 0.589. The molecule has 0 saturated heterocycles. The van der Waals surface area contributed by atoms with E-state index < -0.39 is 0 Å². The van der Waals surface area contributed by atoms with Gasteiger partial charge in [0.15, 0.2) is 0 Å². The minimum Gasteiger partial charge on any atom is -0.497 e. The minimum absolute atomic E-state index is 0.0770. The first kappa shape index (κ1) is 19.0. The summed E-state index contributed by atoms with van der Waals surface area (Å²) in [5.41, 5.74) is 1.76. The van der Waals surface area contributed by atoms with Crippen LogP contribution in [0, 0.1) is 6.92 Å². The van der Waals surface area contributed by atoms with Crippen molar-refractivity contribution in [2.24, 2.45) is 0 Å². The van der Waals surface area contributed by atoms with Gasteiger partial charge in [-0.3, -0.25) is 4.79 Å². The Morgan fingerprint density at radius 1 is 1.33 bits per heavy atom. The Morgan fingerprint density at radius 3 is 2.93 bits per heavy atom. The number of amides is 1. The van der Waals surface area contributed by atoms with Gasteiger partial charge in [-0.1, -0.05) is 17.3 Å². The molecule has 0 spiro atoms. The maximum Gasteiger partial charge on any atom is 0.226 e. The topological polar surface area (TPSA) is 81.4 Å². The third-order valence-electron chi connectivity index (χ3n) is 4.07. The Kier molecular flexibility index (Phi) is 6.18. The van der Waals surface area contributed by atoms with E-state index in [1.165, 1.54) is 0 Å². The molecule has 142 valence electrons. The SMILES string of the molecule is COc1cccc(-c2noc(CCCC(=O)N(C)Cc3csc(C)n3)n2)c1. The first-order valence-corrected chi connectivity index (χ1v) is 9.55. The molecular formula is C19H22N4O3S. The molecule has 0 aliphatic carbocycles. The Morgan fingerprint density at radius 2 is 2.19 bits per heavy atom. The van der Waals surface area contributed by atoms with E-state index >= 15 is 0 Å². The van der Waals surface area contributed by atoms with Crippen molar-refractivity contribution in [3.63, 3.8) is 0 Å². The van der Waals surface area contributed by atoms with Crippen LogP contribution in [-0.4, -0.2) is 40.1 Å². The van der Waals surface area contributed by atoms with Crippen molar-refractivity contribution >= 4 is 17.2 Å². The summed E-state index contributed by atoms with van der Waals surface area (Å²) >= 11 is 1.59. The van der Waals surface area contributed by atoms with Crippen molar-refractivity contribution in [3.05, 3.63) is 46.2 Å². The molecule has 0 atom stereocenters. The monoisotopic (exact) mass is 386 g/mol. The van der Waals surface area contributed by atoms with Crippen LogP contribution in [0.3, 0.4) is 0 Å². The van der Waals surface area contributed by atoms with Crippen LogP contribution in [0.5, 0.6) is 5.75 Å². The second-order valence-electron chi connectivity index (χ2n) is 6.20. The molecule has 1 amide bonds. The number of rotatable bonds is 8. The van der Waals surface area contributed by atoms with E-state index in [0.29, 0.717) is 37.5 Å². The van der Waals surface area contributed by atoms with Gasteiger partial charge < -0.3 is 14.2 Å². The zero-order valence-electron chi connectivity index (χ0n) is 15.6. The van der Waals surface area contributed by atoms with Crippen molar-refractivity contribution < 1.29 is 14.1 Å². The fourth-order valence-corrected chi connectivity index (χ4v) is 3.23. The molecule has 0 aliphatic rings. The van der Waals surface area contributed by atoms with Crippen molar-refractivity contribution in [1.82, 2.24) is 20.0 Å². The van der Waals surface area contributed by atoms with E-state index in [2.05, 4.69) is 15.1 Å². The van der Waals surface area contributed by atoms with E-state index in [-0.39, 0.29) is 5.91 Å². The predicted molar refractivity (Wildman–Crippen MR) is 103 cm³/mol. The van der Waals surface area contributed by atoms with Gasteiger partial charge in [-0.15, -0.1) is 11.3 Å². The maximum absolute atomic E-state index is 12.3. The number of methoxy groups -OCH3 is 1. The predicted octanol–water partition coefficient (Wildman–Crippen LogP) is 3.49. The molecule has 2 aromatic heterocycles. The van der Waals surface area contributed by atoms with E-state index in [1.807, 2.05) is 36.6 Å². The lowest BCUT2D eigenvalue weighted by atomic mass is 10.2. The Balaban J connectivity index is 1.49. The number of benzene rings is 1. The minimum atomic E-state index is 0.0770. The third kappa shape index (κ3) is 5.13. The smallest absolute Gasteiger partial charge is 0.226 e. The molecule has 0 unspecified atom stereocenters. The summed E-state index contributed by atoms with van der Waals surface area (Å²) in [6.45, 7) is 2.49. The lowest BCUT2D eigenvalue weighted by Gasteiger charge is -2.15. The van der Waals surface area contributed by atoms with Crippen LogP contribution in [0.15, 0.2) is 34.2 Å². The molecule has 27 heavy (non-hydrogen) atoms. The summed E-state index contributed by atoms with van der Waals surface area (Å²) in [7, 11) is 3.41. The van der Waals surface area contributed by atoms with Crippen molar-refractivity contribution in [2.45, 2.75) is 32.7 Å². The van der Waals surface area contributed by atoms with Crippen molar-refractivity contribution in [2.75, 3.05) is 14.2 Å². The van der Waals surface area contributed by atoms with Gasteiger partial charge in [0.1, 0.15) is 5.75 Å². The first-order valence-electron chi connectivity index (χ1n) is 8.67. The Hall–Kier alpha value is -2.74. The average molecular weight is 386 g/mol. The number of aryl methyl sites for hydroxylation is 2. The molecule has 8 heteroatoms. The highest BCUT2D eigenvalue weighted by atomic mass is 32.1. The zero-order valence-corrected chi connectivity index (χ0v) is 16.5. The highest BCUT2D eigenvalue weighted by molar-refractivity contribution is 7.09. The molecule has 1 aromatic carbocycles. The van der Waals surface area contributed by atoms with Gasteiger partial charge in [-0.05, 0) is 25.5 Å². The molecule has 0 saturated carbocycles. The second-order valence-corrected chi connectivity index (χ2v) is 7.27. The van der Waals surface area contributed by atoms with Gasteiger partial charge in [0.2, 0.25) is 17.6 Å². The van der Waals surface area contributed by atoms with Crippen LogP contribution in [0.4, 0.5) is 0 Å². The summed E-state index contributed by atoms with van der Waals surface area (Å²) in [5, 5.41) is 7.00. The molecule has 0 aliphatic heterocycles. The van der Waals surface area contributed by atoms with Gasteiger partial charge in [-0.25, -0.2) is 4.98 Å². The standard InChI is InChI=1S/C19H22N4O3S/c1-13-20-15(12-27-13)11-23(2)18(24)9-5-8-17-21-19(22-26-17)14-6-4-7-16(10-14)25-3/h4,6-7,10,12H,5,8-9,11H2,1-3H3. The van der Waals surface area contributed by atoms with Crippen LogP contribution in [0.1, 0.15) is 29.4 Å². The van der Waals surface area contributed by atoms with E-state index in [1.54, 1.807) is 30.4 Å². The summed E-state index contributed by atoms with van der Waals surface area (Å²) in [6, 6.07) is 7.49. The van der Waals surface area contributed by atoms with Gasteiger partial charge in [0, 0.05) is 30.8 Å². The Labute approximate surface area is 162 Å². The largest absolute Gasteiger partial charge is 0.497 e. The number of aromatic nitrogens is 3. The molecule has 0 fully saturated rings. The zero-order chi connectivity index (χ0) is 19.2.